The number of likely N-dealkylation sites (tertiary alicyclic amines) is 1. The normalized spacial score (nSPS) is 30.0. The largest absolute Gasteiger partial charge is 0.454 e. The van der Waals surface area contributed by atoms with Gasteiger partial charge < -0.3 is 19.1 Å². The average molecular weight is 318 g/mol. The smallest absolute Gasteiger partial charge is 0.231 e. The number of ether oxygens (including phenoxy) is 3. The highest BCUT2D eigenvalue weighted by atomic mass is 16.7. The molecular weight excluding hydrogens is 292 g/mol. The molecule has 1 aromatic rings. The Labute approximate surface area is 138 Å². The summed E-state index contributed by atoms with van der Waals surface area (Å²) in [6, 6.07) is 6.30. The molecule has 5 nitrogen and oxygen atoms in total. The van der Waals surface area contributed by atoms with E-state index in [4.69, 9.17) is 14.2 Å². The maximum atomic E-state index is 6.06. The van der Waals surface area contributed by atoms with Crippen molar-refractivity contribution >= 4 is 0 Å². The Kier molecular flexibility index (Phi) is 4.18. The van der Waals surface area contributed by atoms with Crippen molar-refractivity contribution in [1.29, 1.82) is 0 Å². The minimum absolute atomic E-state index is 0.343. The van der Waals surface area contributed by atoms with Crippen molar-refractivity contribution < 1.29 is 14.2 Å². The summed E-state index contributed by atoms with van der Waals surface area (Å²) >= 11 is 0. The van der Waals surface area contributed by atoms with Crippen LogP contribution in [0.15, 0.2) is 18.2 Å². The van der Waals surface area contributed by atoms with Crippen molar-refractivity contribution in [2.75, 3.05) is 47.1 Å². The van der Waals surface area contributed by atoms with Crippen molar-refractivity contribution in [2.24, 2.45) is 11.8 Å². The quantitative estimate of drug-likeness (QED) is 0.846. The minimum atomic E-state index is 0.343. The second-order valence-electron chi connectivity index (χ2n) is 7.27. The van der Waals surface area contributed by atoms with Crippen LogP contribution >= 0.6 is 0 Å². The fraction of sp³-hybridized carbons (Fsp3) is 0.667. The van der Waals surface area contributed by atoms with Crippen LogP contribution in [0.2, 0.25) is 0 Å². The lowest BCUT2D eigenvalue weighted by Gasteiger charge is -2.36. The summed E-state index contributed by atoms with van der Waals surface area (Å²) in [5.74, 6) is 3.16. The number of likely N-dealkylation sites (N-methyl/N-ethyl adjacent to an activating group) is 1. The Morgan fingerprint density at radius 2 is 2.09 bits per heavy atom. The van der Waals surface area contributed by atoms with Crippen molar-refractivity contribution in [3.05, 3.63) is 23.8 Å². The molecule has 1 aromatic carbocycles. The summed E-state index contributed by atoms with van der Waals surface area (Å²) in [5.41, 5.74) is 1.30. The van der Waals surface area contributed by atoms with Crippen LogP contribution in [0.1, 0.15) is 12.0 Å². The second kappa shape index (κ2) is 6.30. The van der Waals surface area contributed by atoms with Gasteiger partial charge >= 0.3 is 0 Å². The third kappa shape index (κ3) is 3.18. The fourth-order valence-corrected chi connectivity index (χ4v) is 4.09. The molecule has 0 aromatic heterocycles. The second-order valence-corrected chi connectivity index (χ2v) is 7.27. The Bertz CT molecular complexity index is 563. The Morgan fingerprint density at radius 3 is 2.96 bits per heavy atom. The summed E-state index contributed by atoms with van der Waals surface area (Å²) in [6.07, 6.45) is 1.63. The first-order valence-electron chi connectivity index (χ1n) is 8.56. The zero-order valence-electron chi connectivity index (χ0n) is 14.0. The number of rotatable bonds is 4. The summed E-state index contributed by atoms with van der Waals surface area (Å²) in [4.78, 5) is 4.81. The van der Waals surface area contributed by atoms with E-state index in [1.807, 2.05) is 6.07 Å². The predicted octanol–water partition coefficient (Wildman–Crippen LogP) is 1.81. The number of piperidine rings is 1. The van der Waals surface area contributed by atoms with Gasteiger partial charge in [0.2, 0.25) is 6.79 Å². The zero-order valence-corrected chi connectivity index (χ0v) is 14.0. The van der Waals surface area contributed by atoms with Gasteiger partial charge in [-0.2, -0.15) is 0 Å². The van der Waals surface area contributed by atoms with Crippen molar-refractivity contribution in [2.45, 2.75) is 19.1 Å². The zero-order chi connectivity index (χ0) is 15.8. The van der Waals surface area contributed by atoms with Crippen LogP contribution in [0.3, 0.4) is 0 Å². The molecule has 2 fully saturated rings. The van der Waals surface area contributed by atoms with E-state index in [0.717, 1.165) is 50.2 Å². The lowest BCUT2D eigenvalue weighted by atomic mass is 9.84. The molecule has 0 spiro atoms. The molecule has 0 unspecified atom stereocenters. The summed E-state index contributed by atoms with van der Waals surface area (Å²) in [5, 5.41) is 0. The van der Waals surface area contributed by atoms with Crippen LogP contribution in [-0.4, -0.2) is 63.0 Å². The molecule has 3 aliphatic heterocycles. The van der Waals surface area contributed by atoms with Gasteiger partial charge in [-0.05, 0) is 50.7 Å². The van der Waals surface area contributed by atoms with Gasteiger partial charge in [-0.15, -0.1) is 0 Å². The third-order valence-corrected chi connectivity index (χ3v) is 5.28. The SMILES string of the molecule is CN(C)C[C@H]1OC[C@@H]2CCN(Cc3ccc4c(c3)OCO4)C[C@@H]21. The van der Waals surface area contributed by atoms with Gasteiger partial charge in [0.25, 0.3) is 0 Å². The van der Waals surface area contributed by atoms with Crippen molar-refractivity contribution in [3.63, 3.8) is 0 Å². The van der Waals surface area contributed by atoms with Crippen LogP contribution in [0.5, 0.6) is 11.5 Å². The Hall–Kier alpha value is -1.30. The van der Waals surface area contributed by atoms with E-state index in [0.29, 0.717) is 18.8 Å². The van der Waals surface area contributed by atoms with E-state index in [-0.39, 0.29) is 0 Å². The summed E-state index contributed by atoms with van der Waals surface area (Å²) in [6.45, 7) is 5.59. The van der Waals surface area contributed by atoms with Gasteiger partial charge in [-0.1, -0.05) is 6.07 Å². The molecule has 23 heavy (non-hydrogen) atoms. The molecule has 0 aliphatic carbocycles. The van der Waals surface area contributed by atoms with Crippen LogP contribution in [-0.2, 0) is 11.3 Å². The number of hydrogen-bond acceptors (Lipinski definition) is 5. The fourth-order valence-electron chi connectivity index (χ4n) is 4.09. The lowest BCUT2D eigenvalue weighted by molar-refractivity contribution is 0.0543. The van der Waals surface area contributed by atoms with Gasteiger partial charge in [0.05, 0.1) is 12.7 Å². The van der Waals surface area contributed by atoms with E-state index in [1.54, 1.807) is 0 Å². The third-order valence-electron chi connectivity index (χ3n) is 5.28. The molecule has 3 heterocycles. The maximum absolute atomic E-state index is 6.06. The molecule has 0 radical (unpaired) electrons. The molecule has 126 valence electrons. The van der Waals surface area contributed by atoms with Crippen LogP contribution in [0, 0.1) is 11.8 Å². The number of fused-ring (bicyclic) bond motifs is 2. The average Bonchev–Trinajstić information content (AvgIpc) is 3.13. The highest BCUT2D eigenvalue weighted by Gasteiger charge is 2.40. The number of benzene rings is 1. The molecule has 0 amide bonds. The van der Waals surface area contributed by atoms with Crippen LogP contribution < -0.4 is 9.47 Å². The molecule has 4 rings (SSSR count). The first-order valence-corrected chi connectivity index (χ1v) is 8.56. The standard InChI is InChI=1S/C18H26N2O3/c1-19(2)10-18-15-9-20(6-5-14(15)11-21-18)8-13-3-4-16-17(7-13)23-12-22-16/h3-4,7,14-15,18H,5-6,8-12H2,1-2H3/t14-,15-,18+/m0/s1. The number of nitrogens with zero attached hydrogens (tertiary/aromatic N) is 2. The van der Waals surface area contributed by atoms with Gasteiger partial charge in [0, 0.05) is 25.6 Å². The Morgan fingerprint density at radius 1 is 1.22 bits per heavy atom. The van der Waals surface area contributed by atoms with Gasteiger partial charge in [-0.3, -0.25) is 4.90 Å². The first-order chi connectivity index (χ1) is 11.2. The monoisotopic (exact) mass is 318 g/mol. The molecule has 0 saturated carbocycles. The van der Waals surface area contributed by atoms with E-state index in [1.165, 1.54) is 12.0 Å². The van der Waals surface area contributed by atoms with Crippen molar-refractivity contribution in [1.82, 2.24) is 9.80 Å². The molecule has 0 bridgehead atoms. The van der Waals surface area contributed by atoms with Gasteiger partial charge in [-0.25, -0.2) is 0 Å². The van der Waals surface area contributed by atoms with Crippen molar-refractivity contribution in [3.8, 4) is 11.5 Å². The number of hydrogen-bond donors (Lipinski definition) is 0. The summed E-state index contributed by atoms with van der Waals surface area (Å²) < 4.78 is 17.0. The first kappa shape index (κ1) is 15.2. The van der Waals surface area contributed by atoms with Crippen LogP contribution in [0.4, 0.5) is 0 Å². The molecule has 2 saturated heterocycles. The van der Waals surface area contributed by atoms with Crippen LogP contribution in [0.25, 0.3) is 0 Å². The topological polar surface area (TPSA) is 34.2 Å². The highest BCUT2D eigenvalue weighted by Crippen LogP contribution is 2.36. The van der Waals surface area contributed by atoms with E-state index in [2.05, 4.69) is 36.0 Å². The molecule has 3 atom stereocenters. The van der Waals surface area contributed by atoms with E-state index < -0.39 is 0 Å². The lowest BCUT2D eigenvalue weighted by Crippen LogP contribution is -2.44. The van der Waals surface area contributed by atoms with Gasteiger partial charge in [0.1, 0.15) is 0 Å². The molecular formula is C18H26N2O3. The molecule has 3 aliphatic rings. The van der Waals surface area contributed by atoms with Gasteiger partial charge in [0.15, 0.2) is 11.5 Å². The van der Waals surface area contributed by atoms with E-state index >= 15 is 0 Å². The Balaban J connectivity index is 1.40. The van der Waals surface area contributed by atoms with E-state index in [9.17, 15) is 0 Å². The summed E-state index contributed by atoms with van der Waals surface area (Å²) in [7, 11) is 4.26. The highest BCUT2D eigenvalue weighted by molar-refractivity contribution is 5.44. The molecule has 0 N–H and O–H groups in total. The minimum Gasteiger partial charge on any atom is -0.454 e. The maximum Gasteiger partial charge on any atom is 0.231 e. The molecule has 5 heteroatoms. The predicted molar refractivity (Wildman–Crippen MR) is 87.7 cm³/mol.